The van der Waals surface area contributed by atoms with E-state index in [1.54, 1.807) is 18.0 Å². The van der Waals surface area contributed by atoms with Crippen molar-refractivity contribution in [2.75, 3.05) is 13.6 Å². The molecule has 0 radical (unpaired) electrons. The van der Waals surface area contributed by atoms with Crippen molar-refractivity contribution in [3.8, 4) is 0 Å². The summed E-state index contributed by atoms with van der Waals surface area (Å²) >= 11 is 5.83. The van der Waals surface area contributed by atoms with Crippen LogP contribution in [0.25, 0.3) is 0 Å². The molecule has 3 nitrogen and oxygen atoms in total. The summed E-state index contributed by atoms with van der Waals surface area (Å²) < 4.78 is 13.5. The van der Waals surface area contributed by atoms with Gasteiger partial charge in [0.25, 0.3) is 0 Å². The normalized spacial score (nSPS) is 20.3. The lowest BCUT2D eigenvalue weighted by molar-refractivity contribution is -0.132. The fourth-order valence-corrected chi connectivity index (χ4v) is 2.31. The van der Waals surface area contributed by atoms with Crippen LogP contribution >= 0.6 is 11.6 Å². The fraction of sp³-hybridized carbons (Fsp3) is 0.462. The molecule has 1 aromatic rings. The molecule has 0 aliphatic carbocycles. The van der Waals surface area contributed by atoms with Gasteiger partial charge in [0.1, 0.15) is 5.82 Å². The number of carbonyl (C=O) groups is 1. The molecule has 1 amide bonds. The number of likely N-dealkylation sites (tertiary alicyclic amines) is 1. The van der Waals surface area contributed by atoms with Crippen molar-refractivity contribution in [2.45, 2.75) is 25.4 Å². The Labute approximate surface area is 111 Å². The minimum atomic E-state index is -0.257. The maximum atomic E-state index is 13.5. The number of benzene rings is 1. The van der Waals surface area contributed by atoms with Gasteiger partial charge in [-0.05, 0) is 24.6 Å². The van der Waals surface area contributed by atoms with Crippen molar-refractivity contribution in [3.05, 3.63) is 34.6 Å². The predicted molar refractivity (Wildman–Crippen MR) is 68.9 cm³/mol. The summed E-state index contributed by atoms with van der Waals surface area (Å²) in [6.07, 6.45) is 1.34. The van der Waals surface area contributed by atoms with Gasteiger partial charge in [0.2, 0.25) is 5.91 Å². The summed E-state index contributed by atoms with van der Waals surface area (Å²) in [6, 6.07) is 4.75. The number of likely N-dealkylation sites (N-methyl/N-ethyl adjacent to an activating group) is 1. The Morgan fingerprint density at radius 1 is 1.56 bits per heavy atom. The number of carbonyl (C=O) groups excluding carboxylic acids is 1. The van der Waals surface area contributed by atoms with E-state index >= 15 is 0 Å². The van der Waals surface area contributed by atoms with E-state index in [9.17, 15) is 9.18 Å². The van der Waals surface area contributed by atoms with Crippen molar-refractivity contribution >= 4 is 17.5 Å². The van der Waals surface area contributed by atoms with Gasteiger partial charge >= 0.3 is 0 Å². The van der Waals surface area contributed by atoms with Gasteiger partial charge in [0, 0.05) is 43.2 Å². The van der Waals surface area contributed by atoms with E-state index in [0.29, 0.717) is 30.1 Å². The first-order valence-corrected chi connectivity index (χ1v) is 6.35. The number of nitrogens with zero attached hydrogens (tertiary/aromatic N) is 1. The number of hydrogen-bond acceptors (Lipinski definition) is 2. The second-order valence-corrected chi connectivity index (χ2v) is 5.06. The van der Waals surface area contributed by atoms with E-state index < -0.39 is 0 Å². The first-order valence-electron chi connectivity index (χ1n) is 5.97. The number of nitrogens with one attached hydrogen (secondary N) is 1. The fourth-order valence-electron chi connectivity index (χ4n) is 2.11. The van der Waals surface area contributed by atoms with Gasteiger partial charge in [-0.15, -0.1) is 0 Å². The second-order valence-electron chi connectivity index (χ2n) is 4.63. The zero-order chi connectivity index (χ0) is 13.1. The van der Waals surface area contributed by atoms with Crippen LogP contribution in [0.1, 0.15) is 18.4 Å². The third-order valence-corrected chi connectivity index (χ3v) is 3.45. The Balaban J connectivity index is 1.91. The Bertz CT molecular complexity index is 453. The highest BCUT2D eigenvalue weighted by Crippen LogP contribution is 2.16. The summed E-state index contributed by atoms with van der Waals surface area (Å²) in [5.41, 5.74) is 0.557. The molecule has 0 spiro atoms. The molecular weight excluding hydrogens is 255 g/mol. The molecule has 1 unspecified atom stereocenters. The standard InChI is InChI=1S/C13H16ClFN2O/c1-17-8-11(3-5-13(17)18)16-7-9-6-10(14)2-4-12(9)15/h2,4,6,11,16H,3,5,7-8H2,1H3. The Kier molecular flexibility index (Phi) is 4.19. The van der Waals surface area contributed by atoms with Crippen molar-refractivity contribution in [1.82, 2.24) is 10.2 Å². The van der Waals surface area contributed by atoms with E-state index in [1.165, 1.54) is 12.1 Å². The highest BCUT2D eigenvalue weighted by Gasteiger charge is 2.22. The Hall–Kier alpha value is -1.13. The average Bonchev–Trinajstić information content (AvgIpc) is 2.34. The predicted octanol–water partition coefficient (Wildman–Crippen LogP) is 2.19. The van der Waals surface area contributed by atoms with Gasteiger partial charge in [0.05, 0.1) is 0 Å². The lowest BCUT2D eigenvalue weighted by Crippen LogP contribution is -2.46. The minimum absolute atomic E-state index is 0.169. The summed E-state index contributed by atoms with van der Waals surface area (Å²) in [7, 11) is 1.79. The van der Waals surface area contributed by atoms with Crippen molar-refractivity contribution < 1.29 is 9.18 Å². The topological polar surface area (TPSA) is 32.3 Å². The number of halogens is 2. The smallest absolute Gasteiger partial charge is 0.222 e. The Morgan fingerprint density at radius 3 is 3.06 bits per heavy atom. The van der Waals surface area contributed by atoms with Gasteiger partial charge in [-0.3, -0.25) is 4.79 Å². The molecule has 0 saturated carbocycles. The van der Waals surface area contributed by atoms with Gasteiger partial charge in [-0.25, -0.2) is 4.39 Å². The maximum Gasteiger partial charge on any atom is 0.222 e. The second kappa shape index (κ2) is 5.67. The summed E-state index contributed by atoms with van der Waals surface area (Å²) in [5.74, 6) is -0.0888. The lowest BCUT2D eigenvalue weighted by Gasteiger charge is -2.30. The maximum absolute atomic E-state index is 13.5. The van der Waals surface area contributed by atoms with Crippen molar-refractivity contribution in [2.24, 2.45) is 0 Å². The third kappa shape index (κ3) is 3.21. The van der Waals surface area contributed by atoms with E-state index in [-0.39, 0.29) is 17.8 Å². The molecule has 1 saturated heterocycles. The van der Waals surface area contributed by atoms with Crippen LogP contribution in [0.15, 0.2) is 18.2 Å². The molecule has 0 aromatic heterocycles. The molecule has 0 bridgehead atoms. The van der Waals surface area contributed by atoms with Gasteiger partial charge < -0.3 is 10.2 Å². The van der Waals surface area contributed by atoms with E-state index in [0.717, 1.165) is 6.42 Å². The molecule has 1 fully saturated rings. The first kappa shape index (κ1) is 13.3. The molecule has 1 aliphatic rings. The molecule has 2 rings (SSSR count). The van der Waals surface area contributed by atoms with Crippen LogP contribution in [0.5, 0.6) is 0 Å². The van der Waals surface area contributed by atoms with Gasteiger partial charge in [0.15, 0.2) is 0 Å². The molecule has 5 heteroatoms. The number of piperidine rings is 1. The average molecular weight is 271 g/mol. The molecule has 18 heavy (non-hydrogen) atoms. The molecular formula is C13H16ClFN2O. The monoisotopic (exact) mass is 270 g/mol. The molecule has 1 atom stereocenters. The van der Waals surface area contributed by atoms with Crippen LogP contribution in [-0.2, 0) is 11.3 Å². The largest absolute Gasteiger partial charge is 0.344 e. The summed E-state index contributed by atoms with van der Waals surface area (Å²) in [5, 5.41) is 3.80. The van der Waals surface area contributed by atoms with Crippen molar-refractivity contribution in [3.63, 3.8) is 0 Å². The van der Waals surface area contributed by atoms with E-state index in [4.69, 9.17) is 11.6 Å². The van der Waals surface area contributed by atoms with Crippen LogP contribution in [0.4, 0.5) is 4.39 Å². The van der Waals surface area contributed by atoms with Crippen LogP contribution in [0.3, 0.4) is 0 Å². The van der Waals surface area contributed by atoms with Crippen LogP contribution in [0, 0.1) is 5.82 Å². The molecule has 98 valence electrons. The first-order chi connectivity index (χ1) is 8.56. The van der Waals surface area contributed by atoms with Gasteiger partial charge in [-0.1, -0.05) is 11.6 Å². The number of rotatable bonds is 3. The Morgan fingerprint density at radius 2 is 2.33 bits per heavy atom. The molecule has 1 aromatic carbocycles. The van der Waals surface area contributed by atoms with Crippen LogP contribution in [-0.4, -0.2) is 30.4 Å². The summed E-state index contributed by atoms with van der Waals surface area (Å²) in [6.45, 7) is 1.10. The highest BCUT2D eigenvalue weighted by atomic mass is 35.5. The minimum Gasteiger partial charge on any atom is -0.344 e. The zero-order valence-corrected chi connectivity index (χ0v) is 11.0. The van der Waals surface area contributed by atoms with Crippen molar-refractivity contribution in [1.29, 1.82) is 0 Å². The SMILES string of the molecule is CN1CC(NCc2cc(Cl)ccc2F)CCC1=O. The quantitative estimate of drug-likeness (QED) is 0.913. The third-order valence-electron chi connectivity index (χ3n) is 3.22. The summed E-state index contributed by atoms with van der Waals surface area (Å²) in [4.78, 5) is 13.0. The zero-order valence-electron chi connectivity index (χ0n) is 10.2. The van der Waals surface area contributed by atoms with Gasteiger partial charge in [-0.2, -0.15) is 0 Å². The van der Waals surface area contributed by atoms with Crippen LogP contribution in [0.2, 0.25) is 5.02 Å². The highest BCUT2D eigenvalue weighted by molar-refractivity contribution is 6.30. The molecule has 1 N–H and O–H groups in total. The molecule has 1 aliphatic heterocycles. The molecule has 1 heterocycles. The van der Waals surface area contributed by atoms with E-state index in [2.05, 4.69) is 5.32 Å². The number of hydrogen-bond donors (Lipinski definition) is 1. The van der Waals surface area contributed by atoms with E-state index in [1.807, 2.05) is 0 Å². The van der Waals surface area contributed by atoms with Crippen LogP contribution < -0.4 is 5.32 Å². The number of amides is 1. The lowest BCUT2D eigenvalue weighted by atomic mass is 10.1.